The SMILES string of the molecule is COC(=O)C1CCC(COc2cc(-c3ccc(NCc4cccc(C)c4)nc3)ccc2OC)CC1. The van der Waals surface area contributed by atoms with E-state index in [1.54, 1.807) is 7.11 Å². The number of anilines is 1. The molecule has 1 saturated carbocycles. The van der Waals surface area contributed by atoms with Crippen molar-refractivity contribution in [2.24, 2.45) is 11.8 Å². The molecule has 6 heteroatoms. The minimum Gasteiger partial charge on any atom is -0.493 e. The number of aromatic nitrogens is 1. The third-order valence-electron chi connectivity index (χ3n) is 6.67. The molecule has 1 heterocycles. The third-order valence-corrected chi connectivity index (χ3v) is 6.67. The van der Waals surface area contributed by atoms with E-state index in [1.165, 1.54) is 18.2 Å². The normalized spacial score (nSPS) is 17.5. The second-order valence-electron chi connectivity index (χ2n) is 9.19. The second-order valence-corrected chi connectivity index (χ2v) is 9.19. The van der Waals surface area contributed by atoms with Crippen LogP contribution in [0.15, 0.2) is 60.8 Å². The van der Waals surface area contributed by atoms with Crippen molar-refractivity contribution in [3.63, 3.8) is 0 Å². The molecule has 0 radical (unpaired) electrons. The fourth-order valence-corrected chi connectivity index (χ4v) is 4.59. The van der Waals surface area contributed by atoms with Crippen LogP contribution in [0.3, 0.4) is 0 Å². The lowest BCUT2D eigenvalue weighted by Crippen LogP contribution is -2.25. The van der Waals surface area contributed by atoms with Crippen LogP contribution in [0.1, 0.15) is 36.8 Å². The number of carbonyl (C=O) groups is 1. The third kappa shape index (κ3) is 6.53. The number of ether oxygens (including phenoxy) is 3. The first-order valence-corrected chi connectivity index (χ1v) is 12.2. The first-order chi connectivity index (χ1) is 17.1. The lowest BCUT2D eigenvalue weighted by atomic mass is 9.82. The van der Waals surface area contributed by atoms with Gasteiger partial charge in [0.05, 0.1) is 26.7 Å². The number of hydrogen-bond acceptors (Lipinski definition) is 6. The summed E-state index contributed by atoms with van der Waals surface area (Å²) < 4.78 is 16.6. The number of esters is 1. The Morgan fingerprint density at radius 2 is 1.77 bits per heavy atom. The Balaban J connectivity index is 1.36. The number of carbonyl (C=O) groups excluding carboxylic acids is 1. The zero-order chi connectivity index (χ0) is 24.6. The van der Waals surface area contributed by atoms with Crippen molar-refractivity contribution in [1.82, 2.24) is 4.98 Å². The molecule has 1 aliphatic rings. The first-order valence-electron chi connectivity index (χ1n) is 12.2. The topological polar surface area (TPSA) is 69.7 Å². The standard InChI is InChI=1S/C29H34N2O4/c1-20-5-4-6-22(15-20)17-30-28-14-12-25(18-31-28)24-11-13-26(33-2)27(16-24)35-19-21-7-9-23(10-8-21)29(32)34-3/h4-6,11-16,18,21,23H,7-10,17,19H2,1-3H3,(H,30,31). The largest absolute Gasteiger partial charge is 0.493 e. The molecule has 1 fully saturated rings. The molecule has 35 heavy (non-hydrogen) atoms. The summed E-state index contributed by atoms with van der Waals surface area (Å²) in [7, 11) is 3.11. The molecular formula is C29H34N2O4. The van der Waals surface area contributed by atoms with Gasteiger partial charge >= 0.3 is 5.97 Å². The summed E-state index contributed by atoms with van der Waals surface area (Å²) in [5.41, 5.74) is 4.51. The van der Waals surface area contributed by atoms with E-state index in [9.17, 15) is 4.79 Å². The predicted molar refractivity (Wildman–Crippen MR) is 138 cm³/mol. The lowest BCUT2D eigenvalue weighted by molar-refractivity contribution is -0.146. The van der Waals surface area contributed by atoms with Gasteiger partial charge in [-0.1, -0.05) is 35.9 Å². The summed E-state index contributed by atoms with van der Waals surface area (Å²) in [4.78, 5) is 16.4. The second kappa shape index (κ2) is 11.7. The zero-order valence-electron chi connectivity index (χ0n) is 20.8. The fourth-order valence-electron chi connectivity index (χ4n) is 4.59. The van der Waals surface area contributed by atoms with Crippen molar-refractivity contribution >= 4 is 11.8 Å². The van der Waals surface area contributed by atoms with Gasteiger partial charge in [-0.3, -0.25) is 4.79 Å². The summed E-state index contributed by atoms with van der Waals surface area (Å²) in [5, 5.41) is 3.38. The van der Waals surface area contributed by atoms with Gasteiger partial charge in [-0.2, -0.15) is 0 Å². The Morgan fingerprint density at radius 1 is 0.971 bits per heavy atom. The number of nitrogens with zero attached hydrogens (tertiary/aromatic N) is 1. The molecule has 1 aliphatic carbocycles. The van der Waals surface area contributed by atoms with Gasteiger partial charge in [0.15, 0.2) is 11.5 Å². The highest BCUT2D eigenvalue weighted by atomic mass is 16.5. The quantitative estimate of drug-likeness (QED) is 0.382. The number of rotatable bonds is 9. The van der Waals surface area contributed by atoms with Crippen LogP contribution in [0.5, 0.6) is 11.5 Å². The number of methoxy groups -OCH3 is 2. The number of aryl methyl sites for hydroxylation is 1. The molecule has 0 saturated heterocycles. The van der Waals surface area contributed by atoms with Crippen LogP contribution in [0, 0.1) is 18.8 Å². The Labute approximate surface area is 207 Å². The van der Waals surface area contributed by atoms with Gasteiger partial charge in [-0.15, -0.1) is 0 Å². The molecule has 0 aliphatic heterocycles. The molecular weight excluding hydrogens is 440 g/mol. The molecule has 2 aromatic carbocycles. The molecule has 0 atom stereocenters. The van der Waals surface area contributed by atoms with E-state index < -0.39 is 0 Å². The van der Waals surface area contributed by atoms with Crippen molar-refractivity contribution in [2.45, 2.75) is 39.2 Å². The van der Waals surface area contributed by atoms with Crippen LogP contribution in [-0.2, 0) is 16.1 Å². The van der Waals surface area contributed by atoms with Crippen molar-refractivity contribution < 1.29 is 19.0 Å². The number of pyridine rings is 1. The van der Waals surface area contributed by atoms with Crippen molar-refractivity contribution in [3.05, 3.63) is 71.9 Å². The Morgan fingerprint density at radius 3 is 2.46 bits per heavy atom. The Kier molecular flexibility index (Phi) is 8.24. The minimum atomic E-state index is -0.0938. The van der Waals surface area contributed by atoms with E-state index >= 15 is 0 Å². The maximum atomic E-state index is 11.8. The van der Waals surface area contributed by atoms with E-state index in [1.807, 2.05) is 30.5 Å². The van der Waals surface area contributed by atoms with Gasteiger partial charge in [-0.25, -0.2) is 4.98 Å². The maximum absolute atomic E-state index is 11.8. The van der Waals surface area contributed by atoms with Crippen molar-refractivity contribution in [2.75, 3.05) is 26.1 Å². The van der Waals surface area contributed by atoms with Crippen LogP contribution < -0.4 is 14.8 Å². The van der Waals surface area contributed by atoms with E-state index in [0.717, 1.165) is 54.9 Å². The number of benzene rings is 2. The summed E-state index contributed by atoms with van der Waals surface area (Å²) in [5.74, 6) is 2.62. The van der Waals surface area contributed by atoms with Crippen LogP contribution >= 0.6 is 0 Å². The zero-order valence-corrected chi connectivity index (χ0v) is 20.8. The Hall–Kier alpha value is -3.54. The van der Waals surface area contributed by atoms with Gasteiger partial charge in [0.2, 0.25) is 0 Å². The van der Waals surface area contributed by atoms with Gasteiger partial charge in [0.1, 0.15) is 5.82 Å². The smallest absolute Gasteiger partial charge is 0.308 e. The van der Waals surface area contributed by atoms with Crippen LogP contribution in [-0.4, -0.2) is 31.8 Å². The van der Waals surface area contributed by atoms with E-state index in [0.29, 0.717) is 18.3 Å². The highest BCUT2D eigenvalue weighted by molar-refractivity contribution is 5.72. The predicted octanol–water partition coefficient (Wildman–Crippen LogP) is 6.04. The minimum absolute atomic E-state index is 0.0240. The van der Waals surface area contributed by atoms with Crippen LogP contribution in [0.2, 0.25) is 0 Å². The van der Waals surface area contributed by atoms with Crippen LogP contribution in [0.4, 0.5) is 5.82 Å². The van der Waals surface area contributed by atoms with E-state index in [2.05, 4.69) is 47.6 Å². The number of hydrogen-bond donors (Lipinski definition) is 1. The van der Waals surface area contributed by atoms with Gasteiger partial charge in [0.25, 0.3) is 0 Å². The van der Waals surface area contributed by atoms with Gasteiger partial charge < -0.3 is 19.5 Å². The molecule has 0 spiro atoms. The molecule has 0 bridgehead atoms. The summed E-state index contributed by atoms with van der Waals surface area (Å²) in [6.07, 6.45) is 5.51. The van der Waals surface area contributed by atoms with Gasteiger partial charge in [-0.05, 0) is 73.9 Å². The fraction of sp³-hybridized carbons (Fsp3) is 0.379. The van der Waals surface area contributed by atoms with Crippen LogP contribution in [0.25, 0.3) is 11.1 Å². The molecule has 6 nitrogen and oxygen atoms in total. The van der Waals surface area contributed by atoms with E-state index in [4.69, 9.17) is 14.2 Å². The molecule has 0 unspecified atom stereocenters. The van der Waals surface area contributed by atoms with E-state index in [-0.39, 0.29) is 11.9 Å². The maximum Gasteiger partial charge on any atom is 0.308 e. The molecule has 4 rings (SSSR count). The average Bonchev–Trinajstić information content (AvgIpc) is 2.90. The average molecular weight is 475 g/mol. The highest BCUT2D eigenvalue weighted by Gasteiger charge is 2.27. The van der Waals surface area contributed by atoms with Gasteiger partial charge in [0, 0.05) is 18.3 Å². The molecule has 184 valence electrons. The summed E-state index contributed by atoms with van der Waals surface area (Å²) in [6, 6.07) is 18.5. The number of nitrogens with one attached hydrogen (secondary N) is 1. The lowest BCUT2D eigenvalue weighted by Gasteiger charge is -2.27. The summed E-state index contributed by atoms with van der Waals surface area (Å²) >= 11 is 0. The molecule has 0 amide bonds. The first kappa shape index (κ1) is 24.6. The monoisotopic (exact) mass is 474 g/mol. The van der Waals surface area contributed by atoms with Crippen molar-refractivity contribution in [3.8, 4) is 22.6 Å². The highest BCUT2D eigenvalue weighted by Crippen LogP contribution is 2.35. The molecule has 1 N–H and O–H groups in total. The van der Waals surface area contributed by atoms with Crippen molar-refractivity contribution in [1.29, 1.82) is 0 Å². The molecule has 1 aromatic heterocycles. The molecule has 3 aromatic rings. The Bertz CT molecular complexity index is 1120. The summed E-state index contributed by atoms with van der Waals surface area (Å²) in [6.45, 7) is 3.43.